The van der Waals surface area contributed by atoms with Crippen molar-refractivity contribution in [2.45, 2.75) is 6.42 Å². The van der Waals surface area contributed by atoms with Crippen molar-refractivity contribution in [2.24, 2.45) is 5.73 Å². The summed E-state index contributed by atoms with van der Waals surface area (Å²) >= 11 is 0. The summed E-state index contributed by atoms with van der Waals surface area (Å²) in [4.78, 5) is 0. The van der Waals surface area contributed by atoms with Crippen molar-refractivity contribution < 1.29 is 14.3 Å². The van der Waals surface area contributed by atoms with Crippen LogP contribution in [-0.4, -0.2) is 27.3 Å². The number of phenols is 2. The van der Waals surface area contributed by atoms with Crippen LogP contribution in [0.4, 0.5) is 4.11 Å². The van der Waals surface area contributed by atoms with Gasteiger partial charge in [0.25, 0.3) is 0 Å². The highest BCUT2D eigenvalue weighted by Crippen LogP contribution is 2.24. The van der Waals surface area contributed by atoms with Gasteiger partial charge in [0.05, 0.1) is 0 Å². The number of aromatic hydroxyl groups is 2. The van der Waals surface area contributed by atoms with Gasteiger partial charge in [-0.1, -0.05) is 6.07 Å². The van der Waals surface area contributed by atoms with Crippen LogP contribution >= 0.6 is 0 Å². The Hall–Kier alpha value is -1.07. The fourth-order valence-electron chi connectivity index (χ4n) is 0.891. The molecule has 0 aliphatic heterocycles. The summed E-state index contributed by atoms with van der Waals surface area (Å²) in [5, 5.41) is 18.0. The average Bonchev–Trinajstić information content (AvgIpc) is 2.15. The molecular formula is C8H11FNO2Si. The van der Waals surface area contributed by atoms with E-state index in [0.717, 1.165) is 5.56 Å². The molecular weight excluding hydrogens is 189 g/mol. The second-order valence-corrected chi connectivity index (χ2v) is 2.36. The Morgan fingerprint density at radius 3 is 2.31 bits per heavy atom. The van der Waals surface area contributed by atoms with Crippen molar-refractivity contribution in [3.63, 3.8) is 0 Å². The second-order valence-electron chi connectivity index (χ2n) is 2.36. The molecule has 0 bridgehead atoms. The number of hydrogen-bond acceptors (Lipinski definition) is 3. The van der Waals surface area contributed by atoms with Crippen LogP contribution in [-0.2, 0) is 6.42 Å². The van der Waals surface area contributed by atoms with E-state index in [0.29, 0.717) is 13.0 Å². The van der Waals surface area contributed by atoms with Gasteiger partial charge in [-0.25, -0.2) is 0 Å². The summed E-state index contributed by atoms with van der Waals surface area (Å²) < 4.78 is 9.31. The van der Waals surface area contributed by atoms with E-state index in [1.165, 1.54) is 22.7 Å². The number of phenolic OH excluding ortho intramolecular Hbond substituents is 2. The lowest BCUT2D eigenvalue weighted by Gasteiger charge is -2.00. The van der Waals surface area contributed by atoms with Gasteiger partial charge >= 0.3 is 10.6 Å². The van der Waals surface area contributed by atoms with E-state index in [9.17, 15) is 4.11 Å². The van der Waals surface area contributed by atoms with Crippen molar-refractivity contribution in [2.75, 3.05) is 6.54 Å². The van der Waals surface area contributed by atoms with Crippen LogP contribution in [0.25, 0.3) is 0 Å². The molecule has 0 fully saturated rings. The normalized spacial score (nSPS) is 8.85. The van der Waals surface area contributed by atoms with E-state index in [2.05, 4.69) is 0 Å². The molecule has 0 aliphatic carbocycles. The van der Waals surface area contributed by atoms with Gasteiger partial charge in [0.15, 0.2) is 11.5 Å². The summed E-state index contributed by atoms with van der Waals surface area (Å²) in [6, 6.07) is 4.71. The average molecular weight is 200 g/mol. The molecule has 0 unspecified atom stereocenters. The van der Waals surface area contributed by atoms with Crippen LogP contribution in [0.2, 0.25) is 0 Å². The molecule has 1 aromatic rings. The standard InChI is InChI=1S/C8H11NO2.FSi/c9-4-3-6-1-2-7(10)8(11)5-6;1-2/h1-2,5,10-11H,3-4,9H2;. The van der Waals surface area contributed by atoms with E-state index >= 15 is 0 Å². The number of nitrogens with two attached hydrogens (primary N) is 1. The van der Waals surface area contributed by atoms with Gasteiger partial charge < -0.3 is 20.1 Å². The fourth-order valence-corrected chi connectivity index (χ4v) is 0.891. The quantitative estimate of drug-likeness (QED) is 0.373. The third-order valence-electron chi connectivity index (χ3n) is 1.47. The van der Waals surface area contributed by atoms with Crippen LogP contribution in [0, 0.1) is 0 Å². The Bertz CT molecular complexity index is 258. The minimum absolute atomic E-state index is 0.0871. The van der Waals surface area contributed by atoms with Crippen LogP contribution < -0.4 is 5.73 Å². The topological polar surface area (TPSA) is 66.5 Å². The third-order valence-corrected chi connectivity index (χ3v) is 1.47. The number of rotatable bonds is 2. The Balaban J connectivity index is 0.000000671. The first-order valence-electron chi connectivity index (χ1n) is 3.64. The lowest BCUT2D eigenvalue weighted by Crippen LogP contribution is -2.02. The third kappa shape index (κ3) is 3.91. The summed E-state index contributed by atoms with van der Waals surface area (Å²) in [5.41, 5.74) is 6.24. The van der Waals surface area contributed by atoms with E-state index in [4.69, 9.17) is 15.9 Å². The highest BCUT2D eigenvalue weighted by molar-refractivity contribution is 5.96. The van der Waals surface area contributed by atoms with Gasteiger partial charge in [0.2, 0.25) is 0 Å². The van der Waals surface area contributed by atoms with E-state index in [1.807, 2.05) is 0 Å². The maximum atomic E-state index is 9.31. The van der Waals surface area contributed by atoms with Crippen molar-refractivity contribution >= 4 is 10.6 Å². The zero-order chi connectivity index (χ0) is 10.3. The molecule has 0 spiro atoms. The van der Waals surface area contributed by atoms with Crippen molar-refractivity contribution in [3.8, 4) is 11.5 Å². The van der Waals surface area contributed by atoms with Crippen molar-refractivity contribution in [1.82, 2.24) is 0 Å². The Morgan fingerprint density at radius 1 is 1.23 bits per heavy atom. The second kappa shape index (κ2) is 6.44. The van der Waals surface area contributed by atoms with Gasteiger partial charge in [0.1, 0.15) is 0 Å². The number of halogens is 1. The molecule has 1 aromatic carbocycles. The molecule has 0 aliphatic rings. The summed E-state index contributed by atoms with van der Waals surface area (Å²) in [6.45, 7) is 0.546. The molecule has 0 heterocycles. The molecule has 0 amide bonds. The summed E-state index contributed by atoms with van der Waals surface area (Å²) in [7, 11) is 1.47. The van der Waals surface area contributed by atoms with Crippen molar-refractivity contribution in [1.29, 1.82) is 0 Å². The predicted molar refractivity (Wildman–Crippen MR) is 49.4 cm³/mol. The lowest BCUT2D eigenvalue weighted by atomic mass is 10.1. The molecule has 0 saturated carbocycles. The highest BCUT2D eigenvalue weighted by atomic mass is 28.2. The molecule has 1 rings (SSSR count). The molecule has 0 aromatic heterocycles. The number of hydrogen-bond donors (Lipinski definition) is 3. The van der Waals surface area contributed by atoms with Gasteiger partial charge in [-0.05, 0) is 30.7 Å². The largest absolute Gasteiger partial charge is 0.504 e. The monoisotopic (exact) mass is 200 g/mol. The van der Waals surface area contributed by atoms with E-state index in [1.54, 1.807) is 6.07 Å². The Kier molecular flexibility index (Phi) is 5.91. The molecule has 3 radical (unpaired) electrons. The molecule has 71 valence electrons. The molecule has 13 heavy (non-hydrogen) atoms. The first-order chi connectivity index (χ1) is 6.24. The summed E-state index contributed by atoms with van der Waals surface area (Å²) in [5.74, 6) is -0.179. The van der Waals surface area contributed by atoms with Crippen LogP contribution in [0.3, 0.4) is 0 Å². The number of benzene rings is 1. The smallest absolute Gasteiger partial charge is 0.316 e. The SMILES string of the molecule is F[Si].NCCc1ccc(O)c(O)c1. The van der Waals surface area contributed by atoms with Gasteiger partial charge in [-0.15, -0.1) is 0 Å². The van der Waals surface area contributed by atoms with Crippen LogP contribution in [0.5, 0.6) is 11.5 Å². The first kappa shape index (κ1) is 11.9. The molecule has 0 saturated heterocycles. The highest BCUT2D eigenvalue weighted by Gasteiger charge is 1.98. The minimum Gasteiger partial charge on any atom is -0.504 e. The zero-order valence-corrected chi connectivity index (χ0v) is 8.00. The van der Waals surface area contributed by atoms with Crippen LogP contribution in [0.1, 0.15) is 5.56 Å². The van der Waals surface area contributed by atoms with Crippen molar-refractivity contribution in [3.05, 3.63) is 23.8 Å². The lowest BCUT2D eigenvalue weighted by molar-refractivity contribution is 0.403. The van der Waals surface area contributed by atoms with Crippen LogP contribution in [0.15, 0.2) is 18.2 Å². The maximum absolute atomic E-state index is 9.31. The first-order valence-corrected chi connectivity index (χ1v) is 4.01. The molecule has 3 nitrogen and oxygen atoms in total. The van der Waals surface area contributed by atoms with Gasteiger partial charge in [-0.3, -0.25) is 0 Å². The maximum Gasteiger partial charge on any atom is 0.316 e. The van der Waals surface area contributed by atoms with E-state index < -0.39 is 0 Å². The predicted octanol–water partition coefficient (Wildman–Crippen LogP) is 0.638. The zero-order valence-electron chi connectivity index (χ0n) is 7.00. The van der Waals surface area contributed by atoms with Gasteiger partial charge in [0, 0.05) is 0 Å². The molecule has 0 atom stereocenters. The van der Waals surface area contributed by atoms with E-state index in [-0.39, 0.29) is 11.5 Å². The van der Waals surface area contributed by atoms with Gasteiger partial charge in [-0.2, -0.15) is 0 Å². The summed E-state index contributed by atoms with van der Waals surface area (Å²) in [6.07, 6.45) is 0.716. The molecule has 5 heteroatoms. The molecule has 4 N–H and O–H groups in total. The Morgan fingerprint density at radius 2 is 1.85 bits per heavy atom. The fraction of sp³-hybridized carbons (Fsp3) is 0.250. The Labute approximate surface area is 79.6 Å². The minimum atomic E-state index is -0.0919.